The van der Waals surface area contributed by atoms with E-state index in [9.17, 15) is 9.90 Å². The van der Waals surface area contributed by atoms with E-state index in [1.807, 2.05) is 29.6 Å². The number of rotatable bonds is 7. The largest absolute Gasteiger partial charge is 0.386 e. The van der Waals surface area contributed by atoms with E-state index in [0.29, 0.717) is 10.7 Å². The quantitative estimate of drug-likeness (QED) is 0.801. The molecule has 23 heavy (non-hydrogen) atoms. The van der Waals surface area contributed by atoms with Crippen molar-refractivity contribution in [1.29, 1.82) is 0 Å². The van der Waals surface area contributed by atoms with Crippen molar-refractivity contribution < 1.29 is 14.6 Å². The molecule has 1 amide bonds. The molecule has 2 aromatic rings. The molecule has 1 aromatic carbocycles. The molecule has 0 aliphatic heterocycles. The molecular formula is C16H19ClN2O3S. The Hall–Kier alpha value is -1.47. The third-order valence-electron chi connectivity index (χ3n) is 3.12. The Balaban J connectivity index is 1.94. The third kappa shape index (κ3) is 5.28. The summed E-state index contributed by atoms with van der Waals surface area (Å²) in [4.78, 5) is 16.4. The van der Waals surface area contributed by atoms with Crippen molar-refractivity contribution in [2.24, 2.45) is 0 Å². The monoisotopic (exact) mass is 354 g/mol. The molecule has 1 atom stereocenters. The van der Waals surface area contributed by atoms with Crippen LogP contribution in [0.15, 0.2) is 29.6 Å². The van der Waals surface area contributed by atoms with Gasteiger partial charge in [0.1, 0.15) is 10.6 Å². The zero-order valence-corrected chi connectivity index (χ0v) is 14.6. The smallest absolute Gasteiger partial charge is 0.226 e. The second-order valence-electron chi connectivity index (χ2n) is 5.51. The average Bonchev–Trinajstić information content (AvgIpc) is 2.94. The first-order valence-electron chi connectivity index (χ1n) is 7.08. The Kier molecular flexibility index (Phi) is 6.12. The Labute approximate surface area is 144 Å². The fourth-order valence-corrected chi connectivity index (χ4v) is 3.16. The molecule has 124 valence electrons. The number of ether oxygens (including phenoxy) is 1. The zero-order valence-electron chi connectivity index (χ0n) is 13.0. The van der Waals surface area contributed by atoms with Crippen molar-refractivity contribution in [2.45, 2.75) is 18.9 Å². The summed E-state index contributed by atoms with van der Waals surface area (Å²) in [6, 6.07) is 7.46. The summed E-state index contributed by atoms with van der Waals surface area (Å²) in [6.45, 7) is 1.89. The fraction of sp³-hybridized carbons (Fsp3) is 0.375. The van der Waals surface area contributed by atoms with Crippen molar-refractivity contribution >= 4 is 28.8 Å². The van der Waals surface area contributed by atoms with Crippen molar-refractivity contribution in [1.82, 2.24) is 10.3 Å². The molecule has 1 unspecified atom stereocenters. The fourth-order valence-electron chi connectivity index (χ4n) is 2.02. The van der Waals surface area contributed by atoms with E-state index < -0.39 is 5.60 Å². The first-order chi connectivity index (χ1) is 10.9. The molecule has 0 aliphatic carbocycles. The molecule has 0 saturated carbocycles. The number of aliphatic hydroxyl groups is 1. The number of carbonyl (C=O) groups excluding carboxylic acids is 1. The molecule has 2 N–H and O–H groups in total. The van der Waals surface area contributed by atoms with Crippen LogP contribution in [0.2, 0.25) is 5.02 Å². The molecule has 0 radical (unpaired) electrons. The molecule has 2 rings (SSSR count). The molecule has 5 nitrogen and oxygen atoms in total. The van der Waals surface area contributed by atoms with E-state index in [2.05, 4.69) is 10.3 Å². The second-order valence-corrected chi connectivity index (χ2v) is 6.77. The topological polar surface area (TPSA) is 71.5 Å². The van der Waals surface area contributed by atoms with Crippen LogP contribution >= 0.6 is 22.9 Å². The van der Waals surface area contributed by atoms with Crippen molar-refractivity contribution in [3.63, 3.8) is 0 Å². The summed E-state index contributed by atoms with van der Waals surface area (Å²) in [5.41, 5.74) is 0.442. The lowest BCUT2D eigenvalue weighted by Crippen LogP contribution is -2.44. The number of nitrogens with one attached hydrogen (secondary N) is 1. The number of benzene rings is 1. The normalized spacial score (nSPS) is 13.6. The Bertz CT molecular complexity index is 673. The minimum absolute atomic E-state index is 0.126. The maximum atomic E-state index is 12.0. The summed E-state index contributed by atoms with van der Waals surface area (Å²) in [6.07, 6.45) is 0.157. The van der Waals surface area contributed by atoms with Gasteiger partial charge in [0, 0.05) is 24.6 Å². The number of halogens is 1. The number of nitrogens with zero attached hydrogens (tertiary/aromatic N) is 1. The van der Waals surface area contributed by atoms with Crippen molar-refractivity contribution in [2.75, 3.05) is 20.3 Å². The molecular weight excluding hydrogens is 336 g/mol. The summed E-state index contributed by atoms with van der Waals surface area (Å²) >= 11 is 7.60. The highest BCUT2D eigenvalue weighted by atomic mass is 35.5. The average molecular weight is 355 g/mol. The number of carbonyl (C=O) groups is 1. The standard InChI is InChI=1S/C16H19ClN2O3S/c1-16(21,10-22-2)9-18-14(20)7-11-8-23-15(19-11)12-5-3-4-6-13(12)17/h3-6,8,21H,7,9-10H2,1-2H3,(H,18,20). The van der Waals surface area contributed by atoms with E-state index in [1.54, 1.807) is 6.92 Å². The molecule has 0 aliphatic rings. The molecule has 1 aromatic heterocycles. The highest BCUT2D eigenvalue weighted by Gasteiger charge is 2.21. The van der Waals surface area contributed by atoms with Gasteiger partial charge in [0.05, 0.1) is 23.7 Å². The second kappa shape index (κ2) is 7.88. The van der Waals surface area contributed by atoms with Crippen molar-refractivity contribution in [3.8, 4) is 10.6 Å². The van der Waals surface area contributed by atoms with Crippen LogP contribution in [-0.4, -0.2) is 41.9 Å². The summed E-state index contributed by atoms with van der Waals surface area (Å²) in [5, 5.41) is 15.9. The molecule has 0 fully saturated rings. The minimum Gasteiger partial charge on any atom is -0.386 e. The van der Waals surface area contributed by atoms with Crippen LogP contribution in [0.1, 0.15) is 12.6 Å². The molecule has 0 saturated heterocycles. The first kappa shape index (κ1) is 17.9. The van der Waals surface area contributed by atoms with E-state index >= 15 is 0 Å². The number of aromatic nitrogens is 1. The van der Waals surface area contributed by atoms with Crippen LogP contribution in [0.4, 0.5) is 0 Å². The van der Waals surface area contributed by atoms with Crippen LogP contribution in [-0.2, 0) is 16.0 Å². The van der Waals surface area contributed by atoms with E-state index in [-0.39, 0.29) is 25.5 Å². The van der Waals surface area contributed by atoms with Gasteiger partial charge in [-0.2, -0.15) is 0 Å². The number of hydrogen-bond acceptors (Lipinski definition) is 5. The van der Waals surface area contributed by atoms with E-state index in [1.165, 1.54) is 18.4 Å². The van der Waals surface area contributed by atoms with Crippen LogP contribution < -0.4 is 5.32 Å². The minimum atomic E-state index is -1.09. The summed E-state index contributed by atoms with van der Waals surface area (Å²) in [5.74, 6) is -0.197. The van der Waals surface area contributed by atoms with Gasteiger partial charge in [-0.25, -0.2) is 4.98 Å². The summed E-state index contributed by atoms with van der Waals surface area (Å²) < 4.78 is 4.90. The van der Waals surface area contributed by atoms with Crippen molar-refractivity contribution in [3.05, 3.63) is 40.4 Å². The third-order valence-corrected chi connectivity index (χ3v) is 4.37. The van der Waals surface area contributed by atoms with Gasteiger partial charge in [0.15, 0.2) is 0 Å². The van der Waals surface area contributed by atoms with Gasteiger partial charge in [0.25, 0.3) is 0 Å². The highest BCUT2D eigenvalue weighted by Crippen LogP contribution is 2.30. The van der Waals surface area contributed by atoms with Gasteiger partial charge >= 0.3 is 0 Å². The lowest BCUT2D eigenvalue weighted by Gasteiger charge is -2.22. The first-order valence-corrected chi connectivity index (χ1v) is 8.34. The lowest BCUT2D eigenvalue weighted by atomic mass is 10.1. The van der Waals surface area contributed by atoms with E-state index in [0.717, 1.165) is 10.6 Å². The Morgan fingerprint density at radius 3 is 2.91 bits per heavy atom. The Morgan fingerprint density at radius 2 is 2.22 bits per heavy atom. The van der Waals surface area contributed by atoms with Gasteiger partial charge in [-0.15, -0.1) is 11.3 Å². The van der Waals surface area contributed by atoms with Crippen LogP contribution in [0.3, 0.4) is 0 Å². The number of hydrogen-bond donors (Lipinski definition) is 2. The highest BCUT2D eigenvalue weighted by molar-refractivity contribution is 7.13. The molecule has 7 heteroatoms. The Morgan fingerprint density at radius 1 is 1.48 bits per heavy atom. The number of amides is 1. The predicted molar refractivity (Wildman–Crippen MR) is 91.8 cm³/mol. The number of methoxy groups -OCH3 is 1. The van der Waals surface area contributed by atoms with Gasteiger partial charge in [-0.3, -0.25) is 4.79 Å². The van der Waals surface area contributed by atoms with Gasteiger partial charge < -0.3 is 15.2 Å². The van der Waals surface area contributed by atoms with Gasteiger partial charge in [-0.05, 0) is 13.0 Å². The van der Waals surface area contributed by atoms with E-state index in [4.69, 9.17) is 16.3 Å². The maximum absolute atomic E-state index is 12.0. The predicted octanol–water partition coefficient (Wildman–Crippen LogP) is 2.52. The maximum Gasteiger partial charge on any atom is 0.226 e. The van der Waals surface area contributed by atoms with Gasteiger partial charge in [0.2, 0.25) is 5.91 Å². The molecule has 0 bridgehead atoms. The molecule has 1 heterocycles. The SMILES string of the molecule is COCC(C)(O)CNC(=O)Cc1csc(-c2ccccc2Cl)n1. The van der Waals surface area contributed by atoms with Gasteiger partial charge in [-0.1, -0.05) is 29.8 Å². The summed E-state index contributed by atoms with van der Waals surface area (Å²) in [7, 11) is 1.50. The molecule has 0 spiro atoms. The van der Waals surface area contributed by atoms with Crippen LogP contribution in [0.25, 0.3) is 10.6 Å². The lowest BCUT2D eigenvalue weighted by molar-refractivity contribution is -0.122. The number of thiazole rings is 1. The van der Waals surface area contributed by atoms with Crippen LogP contribution in [0.5, 0.6) is 0 Å². The van der Waals surface area contributed by atoms with Crippen LogP contribution in [0, 0.1) is 0 Å². The zero-order chi connectivity index (χ0) is 16.9.